The highest BCUT2D eigenvalue weighted by Gasteiger charge is 2.42. The standard InChI is InChI=1S/C13H17ClO/c1-4-12(2,3)13(15,10-14)11-8-6-5-7-9-11/h4-9,15H,1,10H2,2-3H3. The summed E-state index contributed by atoms with van der Waals surface area (Å²) in [6.45, 7) is 7.61. The molecule has 0 saturated heterocycles. The van der Waals surface area contributed by atoms with Gasteiger partial charge in [0.05, 0.1) is 5.88 Å². The predicted molar refractivity (Wildman–Crippen MR) is 65.0 cm³/mol. The molecule has 0 aliphatic rings. The number of hydrogen-bond acceptors (Lipinski definition) is 1. The molecule has 1 atom stereocenters. The van der Waals surface area contributed by atoms with Crippen molar-refractivity contribution in [3.63, 3.8) is 0 Å². The molecule has 0 radical (unpaired) electrons. The number of rotatable bonds is 4. The molecule has 0 aliphatic heterocycles. The summed E-state index contributed by atoms with van der Waals surface area (Å²) < 4.78 is 0. The number of hydrogen-bond donors (Lipinski definition) is 1. The fourth-order valence-corrected chi connectivity index (χ4v) is 2.00. The van der Waals surface area contributed by atoms with Crippen molar-refractivity contribution in [1.29, 1.82) is 0 Å². The van der Waals surface area contributed by atoms with Crippen LogP contribution in [-0.4, -0.2) is 11.0 Å². The second kappa shape index (κ2) is 4.38. The lowest BCUT2D eigenvalue weighted by molar-refractivity contribution is -0.0271. The molecule has 1 nitrogen and oxygen atoms in total. The van der Waals surface area contributed by atoms with Crippen LogP contribution in [0.5, 0.6) is 0 Å². The van der Waals surface area contributed by atoms with Crippen LogP contribution in [0, 0.1) is 5.41 Å². The molecule has 82 valence electrons. The van der Waals surface area contributed by atoms with E-state index in [0.717, 1.165) is 5.56 Å². The van der Waals surface area contributed by atoms with Gasteiger partial charge in [0.25, 0.3) is 0 Å². The Morgan fingerprint density at radius 1 is 1.33 bits per heavy atom. The summed E-state index contributed by atoms with van der Waals surface area (Å²) in [5, 5.41) is 10.6. The number of aliphatic hydroxyl groups is 1. The van der Waals surface area contributed by atoms with E-state index in [2.05, 4.69) is 6.58 Å². The lowest BCUT2D eigenvalue weighted by Crippen LogP contribution is -2.42. The number of halogens is 1. The maximum absolute atomic E-state index is 10.6. The fraction of sp³-hybridized carbons (Fsp3) is 0.385. The average Bonchev–Trinajstić information content (AvgIpc) is 2.29. The molecule has 0 aliphatic carbocycles. The summed E-state index contributed by atoms with van der Waals surface area (Å²) >= 11 is 5.91. The van der Waals surface area contributed by atoms with Gasteiger partial charge in [0.15, 0.2) is 0 Å². The van der Waals surface area contributed by atoms with Crippen LogP contribution in [0.4, 0.5) is 0 Å². The Morgan fingerprint density at radius 2 is 1.87 bits per heavy atom. The minimum Gasteiger partial charge on any atom is -0.383 e. The third kappa shape index (κ3) is 2.09. The SMILES string of the molecule is C=CC(C)(C)C(O)(CCl)c1ccccc1. The topological polar surface area (TPSA) is 20.2 Å². The van der Waals surface area contributed by atoms with Crippen molar-refractivity contribution in [3.8, 4) is 0 Å². The first-order valence-electron chi connectivity index (χ1n) is 4.95. The molecule has 0 amide bonds. The van der Waals surface area contributed by atoms with Crippen LogP contribution >= 0.6 is 11.6 Å². The van der Waals surface area contributed by atoms with Gasteiger partial charge < -0.3 is 5.11 Å². The minimum absolute atomic E-state index is 0.149. The summed E-state index contributed by atoms with van der Waals surface area (Å²) in [7, 11) is 0. The van der Waals surface area contributed by atoms with Crippen molar-refractivity contribution < 1.29 is 5.11 Å². The lowest BCUT2D eigenvalue weighted by Gasteiger charge is -2.39. The zero-order valence-corrected chi connectivity index (χ0v) is 9.96. The Morgan fingerprint density at radius 3 is 2.27 bits per heavy atom. The quantitative estimate of drug-likeness (QED) is 0.615. The van der Waals surface area contributed by atoms with E-state index in [1.165, 1.54) is 0 Å². The normalized spacial score (nSPS) is 15.7. The van der Waals surface area contributed by atoms with Gasteiger partial charge in [-0.3, -0.25) is 0 Å². The Labute approximate surface area is 96.4 Å². The van der Waals surface area contributed by atoms with E-state index in [1.807, 2.05) is 44.2 Å². The Kier molecular flexibility index (Phi) is 3.58. The smallest absolute Gasteiger partial charge is 0.112 e. The van der Waals surface area contributed by atoms with E-state index in [0.29, 0.717) is 0 Å². The summed E-state index contributed by atoms with van der Waals surface area (Å²) in [6, 6.07) is 9.47. The zero-order chi connectivity index (χ0) is 11.5. The largest absolute Gasteiger partial charge is 0.383 e. The van der Waals surface area contributed by atoms with Gasteiger partial charge in [-0.15, -0.1) is 18.2 Å². The molecule has 0 saturated carbocycles. The van der Waals surface area contributed by atoms with Crippen molar-refractivity contribution in [1.82, 2.24) is 0 Å². The van der Waals surface area contributed by atoms with Crippen molar-refractivity contribution in [3.05, 3.63) is 48.6 Å². The Balaban J connectivity index is 3.22. The van der Waals surface area contributed by atoms with Gasteiger partial charge in [0, 0.05) is 5.41 Å². The number of alkyl halides is 1. The monoisotopic (exact) mass is 224 g/mol. The van der Waals surface area contributed by atoms with E-state index < -0.39 is 11.0 Å². The maximum atomic E-state index is 10.6. The highest BCUT2D eigenvalue weighted by atomic mass is 35.5. The summed E-state index contributed by atoms with van der Waals surface area (Å²) in [4.78, 5) is 0. The van der Waals surface area contributed by atoms with Gasteiger partial charge in [-0.2, -0.15) is 0 Å². The fourth-order valence-electron chi connectivity index (χ4n) is 1.50. The Bertz CT molecular complexity index is 332. The lowest BCUT2D eigenvalue weighted by atomic mass is 9.72. The molecule has 15 heavy (non-hydrogen) atoms. The molecule has 0 bridgehead atoms. The first kappa shape index (κ1) is 12.3. The molecular weight excluding hydrogens is 208 g/mol. The summed E-state index contributed by atoms with van der Waals surface area (Å²) in [5.74, 6) is 0.149. The second-order valence-corrected chi connectivity index (χ2v) is 4.55. The van der Waals surface area contributed by atoms with Crippen LogP contribution in [0.15, 0.2) is 43.0 Å². The first-order valence-corrected chi connectivity index (χ1v) is 5.49. The third-order valence-corrected chi connectivity index (χ3v) is 3.41. The molecule has 0 aromatic heterocycles. The van der Waals surface area contributed by atoms with Gasteiger partial charge in [-0.25, -0.2) is 0 Å². The first-order chi connectivity index (χ1) is 6.98. The van der Waals surface area contributed by atoms with Crippen LogP contribution in [0.25, 0.3) is 0 Å². The molecule has 0 fully saturated rings. The maximum Gasteiger partial charge on any atom is 0.112 e. The van der Waals surface area contributed by atoms with E-state index >= 15 is 0 Å². The Hall–Kier alpha value is -0.790. The summed E-state index contributed by atoms with van der Waals surface area (Å²) in [5.41, 5.74) is -0.710. The highest BCUT2D eigenvalue weighted by Crippen LogP contribution is 2.41. The van der Waals surface area contributed by atoms with Crippen molar-refractivity contribution in [2.24, 2.45) is 5.41 Å². The van der Waals surface area contributed by atoms with Crippen LogP contribution in [0.3, 0.4) is 0 Å². The molecule has 0 spiro atoms. The van der Waals surface area contributed by atoms with E-state index in [1.54, 1.807) is 6.08 Å². The van der Waals surface area contributed by atoms with Gasteiger partial charge in [-0.05, 0) is 5.56 Å². The van der Waals surface area contributed by atoms with Crippen LogP contribution < -0.4 is 0 Å². The summed E-state index contributed by atoms with van der Waals surface area (Å²) in [6.07, 6.45) is 1.74. The molecule has 2 heteroatoms. The van der Waals surface area contributed by atoms with E-state index in [9.17, 15) is 5.11 Å². The van der Waals surface area contributed by atoms with E-state index in [-0.39, 0.29) is 5.88 Å². The molecule has 1 N–H and O–H groups in total. The highest BCUT2D eigenvalue weighted by molar-refractivity contribution is 6.18. The average molecular weight is 225 g/mol. The second-order valence-electron chi connectivity index (χ2n) is 4.29. The van der Waals surface area contributed by atoms with E-state index in [4.69, 9.17) is 11.6 Å². The molecule has 0 heterocycles. The predicted octanol–water partition coefficient (Wildman–Crippen LogP) is 3.33. The van der Waals surface area contributed by atoms with Crippen LogP contribution in [-0.2, 0) is 5.60 Å². The van der Waals surface area contributed by atoms with Crippen LogP contribution in [0.1, 0.15) is 19.4 Å². The van der Waals surface area contributed by atoms with Crippen molar-refractivity contribution >= 4 is 11.6 Å². The zero-order valence-electron chi connectivity index (χ0n) is 9.20. The van der Waals surface area contributed by atoms with Gasteiger partial charge in [0.2, 0.25) is 0 Å². The van der Waals surface area contributed by atoms with Gasteiger partial charge in [0.1, 0.15) is 5.60 Å². The van der Waals surface area contributed by atoms with Crippen molar-refractivity contribution in [2.75, 3.05) is 5.88 Å². The van der Waals surface area contributed by atoms with Crippen LogP contribution in [0.2, 0.25) is 0 Å². The molecular formula is C13H17ClO. The van der Waals surface area contributed by atoms with Crippen molar-refractivity contribution in [2.45, 2.75) is 19.4 Å². The molecule has 1 aromatic carbocycles. The van der Waals surface area contributed by atoms with Gasteiger partial charge in [-0.1, -0.05) is 50.3 Å². The minimum atomic E-state index is -1.07. The molecule has 1 aromatic rings. The molecule has 1 unspecified atom stereocenters. The third-order valence-electron chi connectivity index (χ3n) is 3.02. The number of benzene rings is 1. The van der Waals surface area contributed by atoms with Gasteiger partial charge >= 0.3 is 0 Å². The molecule has 1 rings (SSSR count).